The summed E-state index contributed by atoms with van der Waals surface area (Å²) in [5, 5.41) is 4.51. The topological polar surface area (TPSA) is 82.4 Å². The number of ether oxygens (including phenoxy) is 2. The van der Waals surface area contributed by atoms with Gasteiger partial charge in [-0.2, -0.15) is 5.10 Å². The first-order valence-electron chi connectivity index (χ1n) is 8.47. The van der Waals surface area contributed by atoms with Crippen LogP contribution in [0.1, 0.15) is 41.7 Å². The highest BCUT2D eigenvalue weighted by atomic mass is 16.5. The molecule has 0 bridgehead atoms. The third kappa shape index (κ3) is 2.86. The zero-order valence-electron chi connectivity index (χ0n) is 14.5. The Hall–Kier alpha value is -2.48. The number of fused-ring (bicyclic) bond motifs is 1. The van der Waals surface area contributed by atoms with Crippen molar-refractivity contribution in [1.82, 2.24) is 24.6 Å². The molecule has 4 rings (SSSR count). The minimum absolute atomic E-state index is 0.00798. The minimum Gasteiger partial charge on any atom is -0.456 e. The Morgan fingerprint density at radius 2 is 2.00 bits per heavy atom. The lowest BCUT2D eigenvalue weighted by atomic mass is 9.98. The average Bonchev–Trinajstić information content (AvgIpc) is 2.87. The van der Waals surface area contributed by atoms with E-state index in [0.29, 0.717) is 31.2 Å². The van der Waals surface area contributed by atoms with Crippen LogP contribution < -0.4 is 4.74 Å². The highest BCUT2D eigenvalue weighted by Gasteiger charge is 2.38. The number of hydrogen-bond donors (Lipinski definition) is 0. The van der Waals surface area contributed by atoms with Gasteiger partial charge in [0.05, 0.1) is 31.0 Å². The predicted molar refractivity (Wildman–Crippen MR) is 88.2 cm³/mol. The SMILES string of the molecule is C[C@@H]1Cc2c(nn(C)c2C(=O)N2CC(Oc3ncccn3)C2)[C@H](C)O1. The van der Waals surface area contributed by atoms with Gasteiger partial charge in [-0.05, 0) is 19.9 Å². The molecule has 1 fully saturated rings. The van der Waals surface area contributed by atoms with Crippen LogP contribution in [0, 0.1) is 0 Å². The molecule has 1 amide bonds. The molecule has 2 aromatic rings. The lowest BCUT2D eigenvalue weighted by molar-refractivity contribution is -0.00744. The molecule has 0 aromatic carbocycles. The van der Waals surface area contributed by atoms with E-state index < -0.39 is 0 Å². The van der Waals surface area contributed by atoms with Crippen LogP contribution in [0.25, 0.3) is 0 Å². The van der Waals surface area contributed by atoms with Gasteiger partial charge in [0.1, 0.15) is 11.8 Å². The Morgan fingerprint density at radius 1 is 1.28 bits per heavy atom. The van der Waals surface area contributed by atoms with Gasteiger partial charge in [0.2, 0.25) is 0 Å². The first-order valence-corrected chi connectivity index (χ1v) is 8.47. The number of nitrogens with zero attached hydrogens (tertiary/aromatic N) is 5. The molecule has 2 atom stereocenters. The normalized spacial score (nSPS) is 23.1. The second-order valence-electron chi connectivity index (χ2n) is 6.61. The molecule has 8 heteroatoms. The minimum atomic E-state index is -0.0887. The number of likely N-dealkylation sites (tertiary alicyclic amines) is 1. The maximum atomic E-state index is 12.9. The van der Waals surface area contributed by atoms with E-state index in [-0.39, 0.29) is 24.2 Å². The van der Waals surface area contributed by atoms with E-state index in [1.54, 1.807) is 28.0 Å². The van der Waals surface area contributed by atoms with Crippen molar-refractivity contribution in [2.45, 2.75) is 38.6 Å². The van der Waals surface area contributed by atoms with Crippen LogP contribution in [-0.4, -0.2) is 55.9 Å². The van der Waals surface area contributed by atoms with Crippen molar-refractivity contribution in [2.75, 3.05) is 13.1 Å². The summed E-state index contributed by atoms with van der Waals surface area (Å²) in [7, 11) is 1.81. The lowest BCUT2D eigenvalue weighted by Gasteiger charge is -2.38. The van der Waals surface area contributed by atoms with Crippen molar-refractivity contribution >= 4 is 5.91 Å². The van der Waals surface area contributed by atoms with Gasteiger partial charge < -0.3 is 14.4 Å². The van der Waals surface area contributed by atoms with Gasteiger partial charge in [-0.3, -0.25) is 9.48 Å². The standard InChI is InChI=1S/C17H21N5O3/c1-10-7-13-14(11(2)24-10)20-21(3)15(13)16(23)22-8-12(9-22)25-17-18-5-4-6-19-17/h4-6,10-12H,7-9H2,1-3H3/t10-,11+/m1/s1. The fourth-order valence-electron chi connectivity index (χ4n) is 3.46. The van der Waals surface area contributed by atoms with Crippen molar-refractivity contribution in [3.63, 3.8) is 0 Å². The van der Waals surface area contributed by atoms with Crippen LogP contribution in [0.2, 0.25) is 0 Å². The van der Waals surface area contributed by atoms with Crippen molar-refractivity contribution in [3.8, 4) is 6.01 Å². The summed E-state index contributed by atoms with van der Waals surface area (Å²) in [6.07, 6.45) is 3.90. The molecule has 0 saturated carbocycles. The molecule has 8 nitrogen and oxygen atoms in total. The van der Waals surface area contributed by atoms with Crippen LogP contribution in [0.5, 0.6) is 6.01 Å². The number of amides is 1. The molecule has 132 valence electrons. The molecule has 0 unspecified atom stereocenters. The number of aryl methyl sites for hydroxylation is 1. The average molecular weight is 343 g/mol. The highest BCUT2D eigenvalue weighted by molar-refractivity contribution is 5.95. The molecule has 2 aliphatic rings. The number of aromatic nitrogens is 4. The van der Waals surface area contributed by atoms with Gasteiger partial charge in [0, 0.05) is 31.4 Å². The smallest absolute Gasteiger partial charge is 0.316 e. The Balaban J connectivity index is 1.46. The van der Waals surface area contributed by atoms with Crippen LogP contribution in [0.4, 0.5) is 0 Å². The van der Waals surface area contributed by atoms with Crippen molar-refractivity contribution in [2.24, 2.45) is 7.05 Å². The Kier molecular flexibility index (Phi) is 3.91. The van der Waals surface area contributed by atoms with Crippen molar-refractivity contribution in [3.05, 3.63) is 35.4 Å². The summed E-state index contributed by atoms with van der Waals surface area (Å²) in [6.45, 7) is 5.05. The fourth-order valence-corrected chi connectivity index (χ4v) is 3.46. The van der Waals surface area contributed by atoms with Crippen LogP contribution in [-0.2, 0) is 18.2 Å². The van der Waals surface area contributed by atoms with E-state index in [1.165, 1.54) is 0 Å². The predicted octanol–water partition coefficient (Wildman–Crippen LogP) is 1.14. The number of hydrogen-bond acceptors (Lipinski definition) is 6. The third-order valence-electron chi connectivity index (χ3n) is 4.64. The van der Waals surface area contributed by atoms with Gasteiger partial charge >= 0.3 is 6.01 Å². The summed E-state index contributed by atoms with van der Waals surface area (Å²) >= 11 is 0. The zero-order chi connectivity index (χ0) is 17.6. The molecular formula is C17H21N5O3. The Morgan fingerprint density at radius 3 is 2.72 bits per heavy atom. The Labute approximate surface area is 145 Å². The molecule has 0 N–H and O–H groups in total. The molecule has 2 aliphatic heterocycles. The van der Waals surface area contributed by atoms with Crippen molar-refractivity contribution in [1.29, 1.82) is 0 Å². The Bertz CT molecular complexity index is 785. The van der Waals surface area contributed by atoms with Gasteiger partial charge in [-0.1, -0.05) is 0 Å². The first-order chi connectivity index (χ1) is 12.0. The van der Waals surface area contributed by atoms with Gasteiger partial charge in [-0.15, -0.1) is 0 Å². The molecule has 1 saturated heterocycles. The van der Waals surface area contributed by atoms with E-state index in [2.05, 4.69) is 15.1 Å². The quantitative estimate of drug-likeness (QED) is 0.831. The fraction of sp³-hybridized carbons (Fsp3) is 0.529. The molecule has 0 radical (unpaired) electrons. The zero-order valence-corrected chi connectivity index (χ0v) is 14.5. The van der Waals surface area contributed by atoms with E-state index >= 15 is 0 Å². The number of carbonyl (C=O) groups is 1. The van der Waals surface area contributed by atoms with E-state index in [0.717, 1.165) is 11.3 Å². The number of rotatable bonds is 3. The van der Waals surface area contributed by atoms with Gasteiger partial charge in [0.15, 0.2) is 0 Å². The molecular weight excluding hydrogens is 322 g/mol. The molecule has 25 heavy (non-hydrogen) atoms. The van der Waals surface area contributed by atoms with E-state index in [1.807, 2.05) is 20.9 Å². The maximum absolute atomic E-state index is 12.9. The maximum Gasteiger partial charge on any atom is 0.316 e. The highest BCUT2D eigenvalue weighted by Crippen LogP contribution is 2.32. The van der Waals surface area contributed by atoms with Crippen LogP contribution >= 0.6 is 0 Å². The third-order valence-corrected chi connectivity index (χ3v) is 4.64. The molecule has 4 heterocycles. The van der Waals surface area contributed by atoms with Crippen molar-refractivity contribution < 1.29 is 14.3 Å². The summed E-state index contributed by atoms with van der Waals surface area (Å²) in [5.74, 6) is -0.00798. The molecule has 0 aliphatic carbocycles. The number of carbonyl (C=O) groups excluding carboxylic acids is 1. The molecule has 0 spiro atoms. The first kappa shape index (κ1) is 16.0. The second-order valence-corrected chi connectivity index (χ2v) is 6.61. The summed E-state index contributed by atoms with van der Waals surface area (Å²) in [5.41, 5.74) is 2.54. The van der Waals surface area contributed by atoms with E-state index in [4.69, 9.17) is 9.47 Å². The molecule has 2 aromatic heterocycles. The van der Waals surface area contributed by atoms with Crippen LogP contribution in [0.3, 0.4) is 0 Å². The second kappa shape index (κ2) is 6.11. The summed E-state index contributed by atoms with van der Waals surface area (Å²) in [4.78, 5) is 22.8. The largest absolute Gasteiger partial charge is 0.456 e. The summed E-state index contributed by atoms with van der Waals surface area (Å²) < 4.78 is 13.2. The lowest BCUT2D eigenvalue weighted by Crippen LogP contribution is -2.56. The van der Waals surface area contributed by atoms with Gasteiger partial charge in [0.25, 0.3) is 5.91 Å². The van der Waals surface area contributed by atoms with E-state index in [9.17, 15) is 4.79 Å². The van der Waals surface area contributed by atoms with Crippen LogP contribution in [0.15, 0.2) is 18.5 Å². The summed E-state index contributed by atoms with van der Waals surface area (Å²) in [6, 6.07) is 2.08. The van der Waals surface area contributed by atoms with Gasteiger partial charge in [-0.25, -0.2) is 9.97 Å². The monoisotopic (exact) mass is 343 g/mol.